The van der Waals surface area contributed by atoms with Gasteiger partial charge < -0.3 is 10.6 Å². The molecule has 0 unspecified atom stereocenters. The first kappa shape index (κ1) is 12.3. The van der Waals surface area contributed by atoms with E-state index in [0.29, 0.717) is 6.54 Å². The van der Waals surface area contributed by atoms with Crippen LogP contribution in [-0.2, 0) is 6.54 Å². The lowest BCUT2D eigenvalue weighted by Gasteiger charge is -2.08. The number of rotatable bonds is 4. The number of nitrogens with zero attached hydrogens (tertiary/aromatic N) is 3. The summed E-state index contributed by atoms with van der Waals surface area (Å²) in [6, 6.07) is 12.1. The largest absolute Gasteiger partial charge is 0.373 e. The van der Waals surface area contributed by atoms with Crippen LogP contribution >= 0.6 is 0 Å². The molecule has 2 heterocycles. The van der Waals surface area contributed by atoms with Gasteiger partial charge in [0.2, 0.25) is 0 Å². The van der Waals surface area contributed by atoms with E-state index in [1.807, 2.05) is 31.4 Å². The molecule has 5 nitrogen and oxygen atoms in total. The summed E-state index contributed by atoms with van der Waals surface area (Å²) in [5, 5.41) is 7.43. The topological polar surface area (TPSA) is 62.7 Å². The molecule has 0 bridgehead atoms. The van der Waals surface area contributed by atoms with Gasteiger partial charge in [-0.25, -0.2) is 9.97 Å². The SMILES string of the molecule is CNc1cc(NCc2cccc3cccnc23)ncn1. The fraction of sp³-hybridized carbons (Fsp3) is 0.133. The molecule has 0 aliphatic heterocycles. The number of benzene rings is 1. The van der Waals surface area contributed by atoms with E-state index in [1.165, 1.54) is 6.33 Å². The minimum absolute atomic E-state index is 0.675. The van der Waals surface area contributed by atoms with Crippen molar-refractivity contribution in [2.45, 2.75) is 6.54 Å². The van der Waals surface area contributed by atoms with E-state index >= 15 is 0 Å². The second kappa shape index (κ2) is 5.52. The normalized spacial score (nSPS) is 10.4. The van der Waals surface area contributed by atoms with Crippen LogP contribution in [0.5, 0.6) is 0 Å². The zero-order chi connectivity index (χ0) is 13.8. The molecule has 0 spiro atoms. The first-order chi connectivity index (χ1) is 9.86. The quantitative estimate of drug-likeness (QED) is 0.759. The maximum Gasteiger partial charge on any atom is 0.131 e. The fourth-order valence-electron chi connectivity index (χ4n) is 2.09. The maximum absolute atomic E-state index is 4.44. The number of hydrogen-bond acceptors (Lipinski definition) is 5. The molecular formula is C15H15N5. The van der Waals surface area contributed by atoms with Gasteiger partial charge in [0.25, 0.3) is 0 Å². The number of nitrogens with one attached hydrogen (secondary N) is 2. The van der Waals surface area contributed by atoms with Gasteiger partial charge in [0, 0.05) is 31.2 Å². The van der Waals surface area contributed by atoms with Gasteiger partial charge in [0.1, 0.15) is 18.0 Å². The molecule has 0 aliphatic carbocycles. The van der Waals surface area contributed by atoms with Gasteiger partial charge in [-0.3, -0.25) is 4.98 Å². The van der Waals surface area contributed by atoms with Crippen molar-refractivity contribution in [3.8, 4) is 0 Å². The van der Waals surface area contributed by atoms with E-state index in [4.69, 9.17) is 0 Å². The predicted octanol–water partition coefficient (Wildman–Crippen LogP) is 2.68. The Hall–Kier alpha value is -2.69. The molecule has 0 saturated heterocycles. The van der Waals surface area contributed by atoms with Crippen LogP contribution in [0.4, 0.5) is 11.6 Å². The van der Waals surface area contributed by atoms with Crippen LogP contribution in [-0.4, -0.2) is 22.0 Å². The van der Waals surface area contributed by atoms with Gasteiger partial charge >= 0.3 is 0 Å². The van der Waals surface area contributed by atoms with Gasteiger partial charge in [-0.15, -0.1) is 0 Å². The molecule has 3 aromatic rings. The van der Waals surface area contributed by atoms with E-state index in [-0.39, 0.29) is 0 Å². The molecule has 100 valence electrons. The van der Waals surface area contributed by atoms with Crippen LogP contribution < -0.4 is 10.6 Å². The molecule has 2 aromatic heterocycles. The first-order valence-corrected chi connectivity index (χ1v) is 6.43. The van der Waals surface area contributed by atoms with Crippen LogP contribution in [0.25, 0.3) is 10.9 Å². The van der Waals surface area contributed by atoms with Crippen molar-refractivity contribution < 1.29 is 0 Å². The second-order valence-corrected chi connectivity index (χ2v) is 4.38. The highest BCUT2D eigenvalue weighted by atomic mass is 15.1. The van der Waals surface area contributed by atoms with E-state index < -0.39 is 0 Å². The smallest absolute Gasteiger partial charge is 0.131 e. The molecule has 5 heteroatoms. The summed E-state index contributed by atoms with van der Waals surface area (Å²) < 4.78 is 0. The van der Waals surface area contributed by atoms with Crippen LogP contribution in [0.3, 0.4) is 0 Å². The van der Waals surface area contributed by atoms with E-state index in [0.717, 1.165) is 28.1 Å². The van der Waals surface area contributed by atoms with Crippen molar-refractivity contribution in [1.29, 1.82) is 0 Å². The van der Waals surface area contributed by atoms with Crippen molar-refractivity contribution in [1.82, 2.24) is 15.0 Å². The molecule has 0 aliphatic rings. The lowest BCUT2D eigenvalue weighted by atomic mass is 10.1. The van der Waals surface area contributed by atoms with E-state index in [2.05, 4.69) is 43.8 Å². The summed E-state index contributed by atoms with van der Waals surface area (Å²) >= 11 is 0. The minimum atomic E-state index is 0.675. The number of pyridine rings is 1. The van der Waals surface area contributed by atoms with Crippen molar-refractivity contribution in [3.63, 3.8) is 0 Å². The number of anilines is 2. The predicted molar refractivity (Wildman–Crippen MR) is 80.6 cm³/mol. The van der Waals surface area contributed by atoms with Crippen molar-refractivity contribution in [2.24, 2.45) is 0 Å². The first-order valence-electron chi connectivity index (χ1n) is 6.43. The summed E-state index contributed by atoms with van der Waals surface area (Å²) in [5.41, 5.74) is 2.16. The molecule has 0 atom stereocenters. The maximum atomic E-state index is 4.44. The standard InChI is InChI=1S/C15H15N5/c1-16-13-8-14(20-10-19-13)18-9-12-5-2-4-11-6-3-7-17-15(11)12/h2-8,10H,9H2,1H3,(H2,16,18,19,20). The monoisotopic (exact) mass is 265 g/mol. The third-order valence-electron chi connectivity index (χ3n) is 3.10. The van der Waals surface area contributed by atoms with Gasteiger partial charge in [-0.2, -0.15) is 0 Å². The Morgan fingerprint density at radius 3 is 2.75 bits per heavy atom. The lowest BCUT2D eigenvalue weighted by molar-refractivity contribution is 1.08. The lowest BCUT2D eigenvalue weighted by Crippen LogP contribution is -2.04. The summed E-state index contributed by atoms with van der Waals surface area (Å²) in [5.74, 6) is 1.58. The van der Waals surface area contributed by atoms with Gasteiger partial charge in [0.15, 0.2) is 0 Å². The molecule has 3 rings (SSSR count). The Kier molecular flexibility index (Phi) is 3.41. The van der Waals surface area contributed by atoms with Gasteiger partial charge in [-0.1, -0.05) is 24.3 Å². The van der Waals surface area contributed by atoms with Crippen LogP contribution in [0.1, 0.15) is 5.56 Å². The molecule has 0 radical (unpaired) electrons. The number of para-hydroxylation sites is 1. The van der Waals surface area contributed by atoms with Crippen LogP contribution in [0.2, 0.25) is 0 Å². The van der Waals surface area contributed by atoms with Crippen LogP contribution in [0.15, 0.2) is 48.9 Å². The number of aromatic nitrogens is 3. The summed E-state index contributed by atoms with van der Waals surface area (Å²) in [7, 11) is 1.83. The van der Waals surface area contributed by atoms with E-state index in [1.54, 1.807) is 0 Å². The Labute approximate surface area is 117 Å². The van der Waals surface area contributed by atoms with Crippen molar-refractivity contribution >= 4 is 22.5 Å². The molecule has 20 heavy (non-hydrogen) atoms. The fourth-order valence-corrected chi connectivity index (χ4v) is 2.09. The van der Waals surface area contributed by atoms with Crippen LogP contribution in [0, 0.1) is 0 Å². The molecule has 0 saturated carbocycles. The number of hydrogen-bond donors (Lipinski definition) is 2. The Bertz CT molecular complexity index is 721. The highest BCUT2D eigenvalue weighted by molar-refractivity contribution is 5.81. The minimum Gasteiger partial charge on any atom is -0.373 e. The Morgan fingerprint density at radius 2 is 1.85 bits per heavy atom. The van der Waals surface area contributed by atoms with Gasteiger partial charge in [-0.05, 0) is 11.6 Å². The van der Waals surface area contributed by atoms with Crippen molar-refractivity contribution in [3.05, 3.63) is 54.5 Å². The summed E-state index contributed by atoms with van der Waals surface area (Å²) in [6.45, 7) is 0.675. The summed E-state index contributed by atoms with van der Waals surface area (Å²) in [4.78, 5) is 12.7. The third kappa shape index (κ3) is 2.51. The second-order valence-electron chi connectivity index (χ2n) is 4.38. The molecule has 0 fully saturated rings. The zero-order valence-electron chi connectivity index (χ0n) is 11.2. The highest BCUT2D eigenvalue weighted by Gasteiger charge is 2.02. The molecular weight excluding hydrogens is 250 g/mol. The molecule has 2 N–H and O–H groups in total. The molecule has 1 aromatic carbocycles. The Balaban J connectivity index is 1.83. The average Bonchev–Trinajstić information content (AvgIpc) is 2.53. The third-order valence-corrected chi connectivity index (χ3v) is 3.10. The zero-order valence-corrected chi connectivity index (χ0v) is 11.2. The number of fused-ring (bicyclic) bond motifs is 1. The molecule has 0 amide bonds. The Morgan fingerprint density at radius 1 is 1.00 bits per heavy atom. The van der Waals surface area contributed by atoms with E-state index in [9.17, 15) is 0 Å². The highest BCUT2D eigenvalue weighted by Crippen LogP contribution is 2.17. The average molecular weight is 265 g/mol. The van der Waals surface area contributed by atoms with Crippen molar-refractivity contribution in [2.75, 3.05) is 17.7 Å². The van der Waals surface area contributed by atoms with Gasteiger partial charge in [0.05, 0.1) is 5.52 Å². The summed E-state index contributed by atoms with van der Waals surface area (Å²) in [6.07, 6.45) is 3.35.